The Kier molecular flexibility index (Phi) is 5.07. The Morgan fingerprint density at radius 1 is 1.33 bits per heavy atom. The fourth-order valence-corrected chi connectivity index (χ4v) is 2.70. The summed E-state index contributed by atoms with van der Waals surface area (Å²) in [7, 11) is 0. The van der Waals surface area contributed by atoms with E-state index in [9.17, 15) is 0 Å². The molecule has 2 nitrogen and oxygen atoms in total. The van der Waals surface area contributed by atoms with Gasteiger partial charge in [0.05, 0.1) is 6.61 Å². The molecule has 0 amide bonds. The van der Waals surface area contributed by atoms with Gasteiger partial charge in [-0.15, -0.1) is 0 Å². The molecule has 2 N–H and O–H groups in total. The number of hydrogen-bond donors (Lipinski definition) is 1. The molecular formula is C13H27NO. The number of nitrogens with two attached hydrogens (primary N) is 1. The molecule has 15 heavy (non-hydrogen) atoms. The van der Waals surface area contributed by atoms with E-state index in [0.29, 0.717) is 12.5 Å². The minimum absolute atomic E-state index is 0.121. The number of hydrogen-bond acceptors (Lipinski definition) is 2. The summed E-state index contributed by atoms with van der Waals surface area (Å²) >= 11 is 0. The average Bonchev–Trinajstić information content (AvgIpc) is 2.26. The van der Waals surface area contributed by atoms with Crippen molar-refractivity contribution in [3.05, 3.63) is 0 Å². The SMILES string of the molecule is CCOCC(C)(N)C1CCCC(CC)C1. The fraction of sp³-hybridized carbons (Fsp3) is 1.00. The van der Waals surface area contributed by atoms with Crippen LogP contribution in [0.5, 0.6) is 0 Å². The summed E-state index contributed by atoms with van der Waals surface area (Å²) in [6.45, 7) is 7.97. The maximum absolute atomic E-state index is 6.37. The van der Waals surface area contributed by atoms with Crippen LogP contribution >= 0.6 is 0 Å². The molecule has 1 rings (SSSR count). The normalized spacial score (nSPS) is 31.2. The number of ether oxygens (including phenoxy) is 1. The predicted octanol–water partition coefficient (Wildman–Crippen LogP) is 2.96. The first kappa shape index (κ1) is 13.0. The van der Waals surface area contributed by atoms with E-state index in [0.717, 1.165) is 12.5 Å². The summed E-state index contributed by atoms with van der Waals surface area (Å²) in [4.78, 5) is 0. The molecule has 0 aromatic heterocycles. The maximum Gasteiger partial charge on any atom is 0.0646 e. The molecule has 0 aliphatic heterocycles. The highest BCUT2D eigenvalue weighted by atomic mass is 16.5. The third-order valence-electron chi connectivity index (χ3n) is 3.91. The van der Waals surface area contributed by atoms with E-state index in [1.165, 1.54) is 32.1 Å². The molecule has 0 radical (unpaired) electrons. The van der Waals surface area contributed by atoms with Crippen LogP contribution in [0.1, 0.15) is 52.9 Å². The van der Waals surface area contributed by atoms with Gasteiger partial charge in [0.1, 0.15) is 0 Å². The van der Waals surface area contributed by atoms with Gasteiger partial charge in [-0.1, -0.05) is 26.2 Å². The lowest BCUT2D eigenvalue weighted by Gasteiger charge is -2.39. The molecule has 3 atom stereocenters. The second kappa shape index (κ2) is 5.86. The number of rotatable bonds is 5. The second-order valence-corrected chi connectivity index (χ2v) is 5.28. The molecule has 0 aromatic rings. The molecule has 0 spiro atoms. The molecule has 3 unspecified atom stereocenters. The van der Waals surface area contributed by atoms with E-state index >= 15 is 0 Å². The van der Waals surface area contributed by atoms with Gasteiger partial charge in [-0.2, -0.15) is 0 Å². The lowest BCUT2D eigenvalue weighted by Crippen LogP contribution is -2.49. The van der Waals surface area contributed by atoms with Gasteiger partial charge in [-0.3, -0.25) is 0 Å². The fourth-order valence-electron chi connectivity index (χ4n) is 2.70. The summed E-state index contributed by atoms with van der Waals surface area (Å²) in [6.07, 6.45) is 6.65. The van der Waals surface area contributed by atoms with E-state index in [1.54, 1.807) is 0 Å². The van der Waals surface area contributed by atoms with E-state index in [1.807, 2.05) is 6.92 Å². The Morgan fingerprint density at radius 3 is 2.67 bits per heavy atom. The highest BCUT2D eigenvalue weighted by Gasteiger charge is 2.33. The first-order valence-corrected chi connectivity index (χ1v) is 6.46. The molecule has 0 bridgehead atoms. The van der Waals surface area contributed by atoms with Crippen molar-refractivity contribution in [1.29, 1.82) is 0 Å². The molecule has 0 saturated heterocycles. The summed E-state index contributed by atoms with van der Waals surface area (Å²) in [5.41, 5.74) is 6.25. The summed E-state index contributed by atoms with van der Waals surface area (Å²) in [5.74, 6) is 1.55. The van der Waals surface area contributed by atoms with Gasteiger partial charge in [0.2, 0.25) is 0 Å². The predicted molar refractivity (Wildman–Crippen MR) is 64.8 cm³/mol. The van der Waals surface area contributed by atoms with Crippen molar-refractivity contribution >= 4 is 0 Å². The van der Waals surface area contributed by atoms with Gasteiger partial charge in [0.25, 0.3) is 0 Å². The van der Waals surface area contributed by atoms with Crippen LogP contribution in [0.4, 0.5) is 0 Å². The van der Waals surface area contributed by atoms with Gasteiger partial charge >= 0.3 is 0 Å². The van der Waals surface area contributed by atoms with Crippen LogP contribution in [0.25, 0.3) is 0 Å². The molecular weight excluding hydrogens is 186 g/mol. The van der Waals surface area contributed by atoms with Crippen LogP contribution < -0.4 is 5.73 Å². The van der Waals surface area contributed by atoms with Crippen molar-refractivity contribution in [2.45, 2.75) is 58.4 Å². The van der Waals surface area contributed by atoms with E-state index in [-0.39, 0.29) is 5.54 Å². The lowest BCUT2D eigenvalue weighted by atomic mass is 9.72. The van der Waals surface area contributed by atoms with Crippen LogP contribution in [0.2, 0.25) is 0 Å². The Labute approximate surface area is 94.6 Å². The molecule has 0 heterocycles. The van der Waals surface area contributed by atoms with Crippen molar-refractivity contribution < 1.29 is 4.74 Å². The van der Waals surface area contributed by atoms with Gasteiger partial charge in [-0.05, 0) is 38.5 Å². The third kappa shape index (κ3) is 3.76. The maximum atomic E-state index is 6.37. The average molecular weight is 213 g/mol. The van der Waals surface area contributed by atoms with Gasteiger partial charge in [0, 0.05) is 12.1 Å². The smallest absolute Gasteiger partial charge is 0.0646 e. The molecule has 1 aliphatic rings. The second-order valence-electron chi connectivity index (χ2n) is 5.28. The van der Waals surface area contributed by atoms with Crippen molar-refractivity contribution in [2.24, 2.45) is 17.6 Å². The lowest BCUT2D eigenvalue weighted by molar-refractivity contribution is 0.0540. The summed E-state index contributed by atoms with van der Waals surface area (Å²) in [6, 6.07) is 0. The van der Waals surface area contributed by atoms with Gasteiger partial charge in [0.15, 0.2) is 0 Å². The van der Waals surface area contributed by atoms with Crippen LogP contribution in [0.15, 0.2) is 0 Å². The Morgan fingerprint density at radius 2 is 2.07 bits per heavy atom. The van der Waals surface area contributed by atoms with Crippen molar-refractivity contribution in [1.82, 2.24) is 0 Å². The first-order chi connectivity index (χ1) is 7.10. The third-order valence-corrected chi connectivity index (χ3v) is 3.91. The zero-order chi connectivity index (χ0) is 11.3. The first-order valence-electron chi connectivity index (χ1n) is 6.46. The van der Waals surface area contributed by atoms with Crippen molar-refractivity contribution in [3.8, 4) is 0 Å². The van der Waals surface area contributed by atoms with Crippen LogP contribution in [-0.4, -0.2) is 18.8 Å². The molecule has 1 saturated carbocycles. The van der Waals surface area contributed by atoms with Crippen LogP contribution in [-0.2, 0) is 4.74 Å². The zero-order valence-corrected chi connectivity index (χ0v) is 10.6. The zero-order valence-electron chi connectivity index (χ0n) is 10.6. The van der Waals surface area contributed by atoms with Crippen LogP contribution in [0, 0.1) is 11.8 Å². The molecule has 1 fully saturated rings. The minimum Gasteiger partial charge on any atom is -0.380 e. The quantitative estimate of drug-likeness (QED) is 0.762. The van der Waals surface area contributed by atoms with E-state index in [4.69, 9.17) is 10.5 Å². The summed E-state index contributed by atoms with van der Waals surface area (Å²) < 4.78 is 5.50. The largest absolute Gasteiger partial charge is 0.380 e. The van der Waals surface area contributed by atoms with Gasteiger partial charge < -0.3 is 10.5 Å². The van der Waals surface area contributed by atoms with E-state index in [2.05, 4.69) is 13.8 Å². The summed E-state index contributed by atoms with van der Waals surface area (Å²) in [5, 5.41) is 0. The molecule has 1 aliphatic carbocycles. The highest BCUT2D eigenvalue weighted by molar-refractivity contribution is 4.90. The van der Waals surface area contributed by atoms with Crippen molar-refractivity contribution in [3.63, 3.8) is 0 Å². The monoisotopic (exact) mass is 213 g/mol. The molecule has 90 valence electrons. The topological polar surface area (TPSA) is 35.2 Å². The van der Waals surface area contributed by atoms with E-state index < -0.39 is 0 Å². The standard InChI is InChI=1S/C13H27NO/c1-4-11-7-6-8-12(9-11)13(3,14)10-15-5-2/h11-12H,4-10,14H2,1-3H3. The van der Waals surface area contributed by atoms with Crippen LogP contribution in [0.3, 0.4) is 0 Å². The Hall–Kier alpha value is -0.0800. The highest BCUT2D eigenvalue weighted by Crippen LogP contribution is 2.36. The van der Waals surface area contributed by atoms with Gasteiger partial charge in [-0.25, -0.2) is 0 Å². The molecule has 0 aromatic carbocycles. The Balaban J connectivity index is 2.45. The Bertz CT molecular complexity index is 179. The molecule has 2 heteroatoms. The minimum atomic E-state index is -0.121. The van der Waals surface area contributed by atoms with Crippen molar-refractivity contribution in [2.75, 3.05) is 13.2 Å².